The molecule has 5 heteroatoms. The van der Waals surface area contributed by atoms with Crippen molar-refractivity contribution < 1.29 is 14.3 Å². The monoisotopic (exact) mass is 258 g/mol. The minimum absolute atomic E-state index is 0.0973. The molecule has 19 heavy (non-hydrogen) atoms. The van der Waals surface area contributed by atoms with E-state index < -0.39 is 5.97 Å². The van der Waals surface area contributed by atoms with Gasteiger partial charge in [0.15, 0.2) is 6.61 Å². The van der Waals surface area contributed by atoms with Gasteiger partial charge in [0.25, 0.3) is 0 Å². The lowest BCUT2D eigenvalue weighted by Gasteiger charge is -2.06. The predicted molar refractivity (Wildman–Crippen MR) is 73.2 cm³/mol. The molecule has 5 nitrogen and oxygen atoms in total. The Morgan fingerprint density at radius 3 is 2.74 bits per heavy atom. The number of carbonyl (C=O) groups excluding carboxylic acids is 1. The molecule has 98 valence electrons. The van der Waals surface area contributed by atoms with Gasteiger partial charge in [-0.15, -0.1) is 0 Å². The Morgan fingerprint density at radius 1 is 1.26 bits per heavy atom. The third kappa shape index (κ3) is 3.22. The van der Waals surface area contributed by atoms with E-state index in [0.717, 1.165) is 16.3 Å². The number of hydrogen-bond donors (Lipinski definition) is 1. The summed E-state index contributed by atoms with van der Waals surface area (Å²) in [5, 5.41) is 5.54. The minimum atomic E-state index is -0.408. The normalized spacial score (nSPS) is 10.8. The lowest BCUT2D eigenvalue weighted by atomic mass is 10.1. The number of ether oxygens (including phenoxy) is 2. The van der Waals surface area contributed by atoms with E-state index in [9.17, 15) is 4.79 Å². The van der Waals surface area contributed by atoms with Gasteiger partial charge in [-0.25, -0.2) is 4.79 Å². The van der Waals surface area contributed by atoms with Crippen molar-refractivity contribution in [2.45, 2.75) is 0 Å². The Bertz CT molecular complexity index is 623. The van der Waals surface area contributed by atoms with E-state index in [1.807, 2.05) is 30.3 Å². The Morgan fingerprint density at radius 2 is 2.00 bits per heavy atom. The van der Waals surface area contributed by atoms with Gasteiger partial charge >= 0.3 is 5.97 Å². The number of benzene rings is 2. The van der Waals surface area contributed by atoms with Crippen LogP contribution < -0.4 is 10.6 Å². The lowest BCUT2D eigenvalue weighted by molar-refractivity contribution is -0.142. The van der Waals surface area contributed by atoms with Crippen LogP contribution in [0.3, 0.4) is 0 Å². The molecule has 0 amide bonds. The number of esters is 1. The molecule has 0 unspecified atom stereocenters. The Labute approximate surface area is 110 Å². The van der Waals surface area contributed by atoms with Crippen LogP contribution in [-0.2, 0) is 9.53 Å². The standard InChI is InChI=1S/C14H14N2O3/c1-18-14(17)9-19-13-5-4-11-6-10(8-16-15)2-3-12(11)7-13/h2-8H,9,15H2,1H3. The second-order valence-electron chi connectivity index (χ2n) is 3.91. The zero-order valence-corrected chi connectivity index (χ0v) is 10.5. The van der Waals surface area contributed by atoms with Gasteiger partial charge in [0, 0.05) is 0 Å². The van der Waals surface area contributed by atoms with Gasteiger partial charge in [-0.3, -0.25) is 0 Å². The quantitative estimate of drug-likeness (QED) is 0.392. The number of rotatable bonds is 4. The topological polar surface area (TPSA) is 73.9 Å². The summed E-state index contributed by atoms with van der Waals surface area (Å²) in [7, 11) is 1.33. The zero-order valence-electron chi connectivity index (χ0n) is 10.5. The second kappa shape index (κ2) is 5.86. The van der Waals surface area contributed by atoms with Crippen molar-refractivity contribution in [1.82, 2.24) is 0 Å². The predicted octanol–water partition coefficient (Wildman–Crippen LogP) is 1.68. The van der Waals surface area contributed by atoms with Crippen LogP contribution in [-0.4, -0.2) is 25.9 Å². The van der Waals surface area contributed by atoms with E-state index in [1.165, 1.54) is 7.11 Å². The van der Waals surface area contributed by atoms with Crippen LogP contribution in [0.5, 0.6) is 5.75 Å². The molecule has 0 saturated carbocycles. The molecular weight excluding hydrogens is 244 g/mol. The largest absolute Gasteiger partial charge is 0.482 e. The van der Waals surface area contributed by atoms with E-state index in [2.05, 4.69) is 9.84 Å². The number of fused-ring (bicyclic) bond motifs is 1. The van der Waals surface area contributed by atoms with E-state index in [-0.39, 0.29) is 6.61 Å². The summed E-state index contributed by atoms with van der Waals surface area (Å²) in [6.45, 7) is -0.0973. The minimum Gasteiger partial charge on any atom is -0.482 e. The third-order valence-electron chi connectivity index (χ3n) is 2.64. The van der Waals surface area contributed by atoms with Crippen molar-refractivity contribution in [2.75, 3.05) is 13.7 Å². The number of methoxy groups -OCH3 is 1. The van der Waals surface area contributed by atoms with E-state index in [4.69, 9.17) is 10.6 Å². The van der Waals surface area contributed by atoms with Crippen molar-refractivity contribution in [2.24, 2.45) is 10.9 Å². The molecule has 2 aromatic carbocycles. The van der Waals surface area contributed by atoms with Crippen LogP contribution in [0.1, 0.15) is 5.56 Å². The number of carbonyl (C=O) groups is 1. The van der Waals surface area contributed by atoms with Gasteiger partial charge < -0.3 is 15.3 Å². The number of hydrazone groups is 1. The fraction of sp³-hybridized carbons (Fsp3) is 0.143. The summed E-state index contributed by atoms with van der Waals surface area (Å²) in [6, 6.07) is 11.4. The maximum atomic E-state index is 11.0. The number of nitrogens with two attached hydrogens (primary N) is 1. The first-order chi connectivity index (χ1) is 9.22. The van der Waals surface area contributed by atoms with E-state index in [0.29, 0.717) is 5.75 Å². The molecule has 0 heterocycles. The molecule has 0 spiro atoms. The average Bonchev–Trinajstić information content (AvgIpc) is 2.45. The summed E-state index contributed by atoms with van der Waals surface area (Å²) < 4.78 is 9.84. The van der Waals surface area contributed by atoms with Crippen molar-refractivity contribution in [1.29, 1.82) is 0 Å². The van der Waals surface area contributed by atoms with Crippen LogP contribution >= 0.6 is 0 Å². The molecule has 0 saturated heterocycles. The lowest BCUT2D eigenvalue weighted by Crippen LogP contribution is -2.12. The van der Waals surface area contributed by atoms with Gasteiger partial charge in [0.05, 0.1) is 13.3 Å². The molecular formula is C14H14N2O3. The molecule has 2 N–H and O–H groups in total. The van der Waals surface area contributed by atoms with Gasteiger partial charge in [-0.05, 0) is 34.5 Å². The smallest absolute Gasteiger partial charge is 0.343 e. The summed E-state index contributed by atoms with van der Waals surface area (Å²) in [5.41, 5.74) is 0.929. The molecule has 0 aliphatic carbocycles. The van der Waals surface area contributed by atoms with E-state index >= 15 is 0 Å². The van der Waals surface area contributed by atoms with Crippen LogP contribution in [0.2, 0.25) is 0 Å². The molecule has 0 aliphatic rings. The molecule has 0 fully saturated rings. The Hall–Kier alpha value is -2.56. The van der Waals surface area contributed by atoms with E-state index in [1.54, 1.807) is 12.3 Å². The average molecular weight is 258 g/mol. The molecule has 0 atom stereocenters. The van der Waals surface area contributed by atoms with Gasteiger partial charge in [0.2, 0.25) is 0 Å². The first kappa shape index (κ1) is 12.9. The fourth-order valence-corrected chi connectivity index (χ4v) is 1.70. The highest BCUT2D eigenvalue weighted by Gasteiger charge is 2.03. The summed E-state index contributed by atoms with van der Waals surface area (Å²) in [6.07, 6.45) is 1.58. The molecule has 2 aromatic rings. The van der Waals surface area contributed by atoms with Crippen molar-refractivity contribution in [3.8, 4) is 5.75 Å². The number of hydrogen-bond acceptors (Lipinski definition) is 5. The zero-order chi connectivity index (χ0) is 13.7. The Balaban J connectivity index is 2.21. The van der Waals surface area contributed by atoms with Crippen molar-refractivity contribution >= 4 is 23.0 Å². The van der Waals surface area contributed by atoms with Crippen molar-refractivity contribution in [3.05, 3.63) is 42.0 Å². The SMILES string of the molecule is COC(=O)COc1ccc2cc(C=NN)ccc2c1. The second-order valence-corrected chi connectivity index (χ2v) is 3.91. The van der Waals surface area contributed by atoms with Gasteiger partial charge in [0.1, 0.15) is 5.75 Å². The van der Waals surface area contributed by atoms with Gasteiger partial charge in [-0.2, -0.15) is 5.10 Å². The fourth-order valence-electron chi connectivity index (χ4n) is 1.70. The summed E-state index contributed by atoms with van der Waals surface area (Å²) in [4.78, 5) is 11.0. The Kier molecular flexibility index (Phi) is 3.97. The van der Waals surface area contributed by atoms with Crippen LogP contribution in [0.4, 0.5) is 0 Å². The molecule has 0 radical (unpaired) electrons. The molecule has 0 aromatic heterocycles. The highest BCUT2D eigenvalue weighted by atomic mass is 16.6. The number of nitrogens with zero attached hydrogens (tertiary/aromatic N) is 1. The summed E-state index contributed by atoms with van der Waals surface area (Å²) >= 11 is 0. The van der Waals surface area contributed by atoms with Crippen LogP contribution in [0.15, 0.2) is 41.5 Å². The molecule has 2 rings (SSSR count). The van der Waals surface area contributed by atoms with Gasteiger partial charge in [-0.1, -0.05) is 18.2 Å². The first-order valence-electron chi connectivity index (χ1n) is 5.69. The van der Waals surface area contributed by atoms with Crippen LogP contribution in [0, 0.1) is 0 Å². The molecule has 0 aliphatic heterocycles. The highest BCUT2D eigenvalue weighted by molar-refractivity contribution is 5.91. The molecule has 0 bridgehead atoms. The highest BCUT2D eigenvalue weighted by Crippen LogP contribution is 2.21. The van der Waals surface area contributed by atoms with Crippen LogP contribution in [0.25, 0.3) is 10.8 Å². The third-order valence-corrected chi connectivity index (χ3v) is 2.64. The summed E-state index contributed by atoms with van der Waals surface area (Å²) in [5.74, 6) is 5.33. The maximum absolute atomic E-state index is 11.0. The van der Waals surface area contributed by atoms with Crippen molar-refractivity contribution in [3.63, 3.8) is 0 Å². The first-order valence-corrected chi connectivity index (χ1v) is 5.69. The maximum Gasteiger partial charge on any atom is 0.343 e.